The molecule has 2 N–H and O–H groups in total. The number of aromatic nitrogens is 3. The van der Waals surface area contributed by atoms with Crippen molar-refractivity contribution < 1.29 is 4.79 Å². The minimum absolute atomic E-state index is 0.0766. The first-order valence-corrected chi connectivity index (χ1v) is 7.57. The van der Waals surface area contributed by atoms with Crippen molar-refractivity contribution in [3.8, 4) is 0 Å². The number of nitrogens with zero attached hydrogens (tertiary/aromatic N) is 3. The summed E-state index contributed by atoms with van der Waals surface area (Å²) in [5.41, 5.74) is 0. The largest absolute Gasteiger partial charge is 0.332 e. The van der Waals surface area contributed by atoms with Crippen LogP contribution >= 0.6 is 0 Å². The lowest BCUT2D eigenvalue weighted by Crippen LogP contribution is -2.45. The van der Waals surface area contributed by atoms with E-state index in [-0.39, 0.29) is 11.9 Å². The van der Waals surface area contributed by atoms with E-state index in [9.17, 15) is 4.79 Å². The van der Waals surface area contributed by atoms with Crippen molar-refractivity contribution in [3.05, 3.63) is 11.6 Å². The van der Waals surface area contributed by atoms with Crippen molar-refractivity contribution in [2.75, 3.05) is 13.1 Å². The number of hydrogen-bond donors (Lipinski definition) is 2. The number of carbonyl (C=O) groups excluding carboxylic acids is 1. The van der Waals surface area contributed by atoms with Gasteiger partial charge in [-0.1, -0.05) is 6.92 Å². The van der Waals surface area contributed by atoms with Gasteiger partial charge in [0.15, 0.2) is 0 Å². The Hall–Kier alpha value is -1.43. The van der Waals surface area contributed by atoms with Gasteiger partial charge in [-0.05, 0) is 39.7 Å². The number of nitrogens with one attached hydrogen (secondary N) is 2. The molecule has 0 aliphatic carbocycles. The fourth-order valence-corrected chi connectivity index (χ4v) is 2.55. The molecule has 1 saturated heterocycles. The number of amides is 1. The summed E-state index contributed by atoms with van der Waals surface area (Å²) in [7, 11) is 0. The second-order valence-electron chi connectivity index (χ2n) is 5.70. The van der Waals surface area contributed by atoms with Crippen LogP contribution in [0.4, 0.5) is 0 Å². The highest BCUT2D eigenvalue weighted by Gasteiger charge is 2.26. The van der Waals surface area contributed by atoms with E-state index in [1.807, 2.05) is 18.7 Å². The van der Waals surface area contributed by atoms with Crippen LogP contribution in [0.2, 0.25) is 0 Å². The van der Waals surface area contributed by atoms with Crippen molar-refractivity contribution in [3.63, 3.8) is 0 Å². The maximum atomic E-state index is 12.5. The van der Waals surface area contributed by atoms with Crippen LogP contribution in [0.3, 0.4) is 0 Å². The third-order valence-corrected chi connectivity index (χ3v) is 3.67. The second kappa shape index (κ2) is 6.83. The summed E-state index contributed by atoms with van der Waals surface area (Å²) in [5.74, 6) is 1.01. The molecule has 0 aromatic carbocycles. The van der Waals surface area contributed by atoms with Gasteiger partial charge in [0.25, 0.3) is 5.91 Å². The zero-order chi connectivity index (χ0) is 14.5. The lowest BCUT2D eigenvalue weighted by molar-refractivity contribution is 0.0677. The van der Waals surface area contributed by atoms with E-state index < -0.39 is 0 Å². The van der Waals surface area contributed by atoms with Crippen molar-refractivity contribution in [2.24, 2.45) is 0 Å². The maximum Gasteiger partial charge on any atom is 0.293 e. The summed E-state index contributed by atoms with van der Waals surface area (Å²) in [6.07, 6.45) is 4.13. The molecule has 0 saturated carbocycles. The Morgan fingerprint density at radius 1 is 1.50 bits per heavy atom. The fraction of sp³-hybridized carbons (Fsp3) is 0.786. The Labute approximate surface area is 120 Å². The second-order valence-corrected chi connectivity index (χ2v) is 5.70. The summed E-state index contributed by atoms with van der Waals surface area (Å²) >= 11 is 0. The average Bonchev–Trinajstić information content (AvgIpc) is 3.06. The van der Waals surface area contributed by atoms with Gasteiger partial charge in [0.2, 0.25) is 5.82 Å². The standard InChI is InChI=1S/C14H25N5O/c1-4-6-12-16-13(18-17-12)14(20)19(10(2)3)9-11-7-5-8-15-11/h10-11,15H,4-9H2,1-3H3,(H,16,17,18). The molecule has 1 atom stereocenters. The van der Waals surface area contributed by atoms with Gasteiger partial charge >= 0.3 is 0 Å². The Kier molecular flexibility index (Phi) is 5.11. The number of carbonyl (C=O) groups is 1. The third-order valence-electron chi connectivity index (χ3n) is 3.67. The van der Waals surface area contributed by atoms with Crippen molar-refractivity contribution in [1.29, 1.82) is 0 Å². The van der Waals surface area contributed by atoms with E-state index in [0.29, 0.717) is 11.9 Å². The number of rotatable bonds is 6. The third kappa shape index (κ3) is 3.56. The van der Waals surface area contributed by atoms with Gasteiger partial charge in [-0.15, -0.1) is 5.10 Å². The summed E-state index contributed by atoms with van der Waals surface area (Å²) in [4.78, 5) is 18.7. The van der Waals surface area contributed by atoms with Crippen LogP contribution in [0, 0.1) is 0 Å². The van der Waals surface area contributed by atoms with Crippen LogP contribution in [0.5, 0.6) is 0 Å². The number of aryl methyl sites for hydroxylation is 1. The van der Waals surface area contributed by atoms with E-state index in [4.69, 9.17) is 0 Å². The SMILES string of the molecule is CCCc1nc(C(=O)N(CC2CCCN2)C(C)C)n[nH]1. The van der Waals surface area contributed by atoms with Crippen LogP contribution in [0.15, 0.2) is 0 Å². The van der Waals surface area contributed by atoms with Crippen molar-refractivity contribution in [1.82, 2.24) is 25.4 Å². The fourth-order valence-electron chi connectivity index (χ4n) is 2.55. The molecule has 6 heteroatoms. The quantitative estimate of drug-likeness (QED) is 0.824. The first kappa shape index (κ1) is 15.0. The highest BCUT2D eigenvalue weighted by molar-refractivity contribution is 5.90. The van der Waals surface area contributed by atoms with Crippen LogP contribution in [-0.2, 0) is 6.42 Å². The van der Waals surface area contributed by atoms with E-state index in [1.54, 1.807) is 0 Å². The van der Waals surface area contributed by atoms with Crippen LogP contribution in [0.25, 0.3) is 0 Å². The number of hydrogen-bond acceptors (Lipinski definition) is 4. The Morgan fingerprint density at radius 3 is 2.90 bits per heavy atom. The lowest BCUT2D eigenvalue weighted by Gasteiger charge is -2.28. The van der Waals surface area contributed by atoms with Crippen LogP contribution in [0.1, 0.15) is 56.5 Å². The predicted molar refractivity (Wildman–Crippen MR) is 77.6 cm³/mol. The molecule has 2 heterocycles. The Morgan fingerprint density at radius 2 is 2.30 bits per heavy atom. The molecule has 1 aromatic heterocycles. The molecule has 112 valence electrons. The molecule has 20 heavy (non-hydrogen) atoms. The molecular weight excluding hydrogens is 254 g/mol. The van der Waals surface area contributed by atoms with Gasteiger partial charge in [0.05, 0.1) is 0 Å². The molecule has 0 radical (unpaired) electrons. The molecule has 1 aliphatic rings. The summed E-state index contributed by atoms with van der Waals surface area (Å²) in [6, 6.07) is 0.549. The number of H-pyrrole nitrogens is 1. The summed E-state index contributed by atoms with van der Waals surface area (Å²) in [5, 5.41) is 10.3. The zero-order valence-electron chi connectivity index (χ0n) is 12.6. The highest BCUT2D eigenvalue weighted by atomic mass is 16.2. The van der Waals surface area contributed by atoms with Crippen molar-refractivity contribution in [2.45, 2.75) is 58.5 Å². The zero-order valence-corrected chi connectivity index (χ0v) is 12.6. The first-order valence-electron chi connectivity index (χ1n) is 7.57. The normalized spacial score (nSPS) is 18.7. The van der Waals surface area contributed by atoms with E-state index in [0.717, 1.165) is 38.2 Å². The smallest absolute Gasteiger partial charge is 0.293 e. The van der Waals surface area contributed by atoms with Gasteiger partial charge in [0, 0.05) is 25.0 Å². The Balaban J connectivity index is 2.04. The first-order chi connectivity index (χ1) is 9.61. The lowest BCUT2D eigenvalue weighted by atomic mass is 10.2. The highest BCUT2D eigenvalue weighted by Crippen LogP contribution is 2.12. The van der Waals surface area contributed by atoms with Crippen LogP contribution in [-0.4, -0.2) is 51.2 Å². The molecule has 0 bridgehead atoms. The minimum Gasteiger partial charge on any atom is -0.332 e. The molecule has 1 aromatic rings. The molecule has 0 spiro atoms. The minimum atomic E-state index is -0.0766. The molecule has 6 nitrogen and oxygen atoms in total. The molecular formula is C14H25N5O. The van der Waals surface area contributed by atoms with Gasteiger partial charge in [0.1, 0.15) is 5.82 Å². The topological polar surface area (TPSA) is 73.9 Å². The predicted octanol–water partition coefficient (Wildman–Crippen LogP) is 1.36. The van der Waals surface area contributed by atoms with E-state index >= 15 is 0 Å². The molecule has 1 fully saturated rings. The molecule has 2 rings (SSSR count). The molecule has 1 aliphatic heterocycles. The van der Waals surface area contributed by atoms with E-state index in [1.165, 1.54) is 6.42 Å². The molecule has 1 amide bonds. The molecule has 1 unspecified atom stereocenters. The summed E-state index contributed by atoms with van der Waals surface area (Å²) < 4.78 is 0. The van der Waals surface area contributed by atoms with Crippen molar-refractivity contribution >= 4 is 5.91 Å². The van der Waals surface area contributed by atoms with Gasteiger partial charge in [-0.2, -0.15) is 0 Å². The van der Waals surface area contributed by atoms with E-state index in [2.05, 4.69) is 27.4 Å². The van der Waals surface area contributed by atoms with Crippen LogP contribution < -0.4 is 5.32 Å². The van der Waals surface area contributed by atoms with Gasteiger partial charge in [-0.25, -0.2) is 4.98 Å². The summed E-state index contributed by atoms with van der Waals surface area (Å²) in [6.45, 7) is 7.93. The average molecular weight is 279 g/mol. The van der Waals surface area contributed by atoms with Gasteiger partial charge < -0.3 is 10.2 Å². The maximum absolute atomic E-state index is 12.5. The number of aromatic amines is 1. The monoisotopic (exact) mass is 279 g/mol. The Bertz CT molecular complexity index is 437. The van der Waals surface area contributed by atoms with Gasteiger partial charge in [-0.3, -0.25) is 9.89 Å².